The van der Waals surface area contributed by atoms with Crippen LogP contribution in [0.1, 0.15) is 48.7 Å². The summed E-state index contributed by atoms with van der Waals surface area (Å²) < 4.78 is 5.18. The Morgan fingerprint density at radius 1 is 1.43 bits per heavy atom. The Morgan fingerprint density at radius 2 is 2.29 bits per heavy atom. The van der Waals surface area contributed by atoms with Gasteiger partial charge in [0.1, 0.15) is 0 Å². The van der Waals surface area contributed by atoms with E-state index in [1.165, 1.54) is 6.92 Å². The number of nitrogens with one attached hydrogen (secondary N) is 2. The van der Waals surface area contributed by atoms with Gasteiger partial charge in [-0.3, -0.25) is 9.59 Å². The fraction of sp³-hybridized carbons (Fsp3) is 0.692. The number of rotatable bonds is 3. The van der Waals surface area contributed by atoms with Crippen LogP contribution in [0.2, 0.25) is 0 Å². The van der Waals surface area contributed by atoms with Crippen LogP contribution in [0.25, 0.3) is 0 Å². The van der Waals surface area contributed by atoms with Gasteiger partial charge in [0.15, 0.2) is 0 Å². The van der Waals surface area contributed by atoms with Gasteiger partial charge in [-0.25, -0.2) is 0 Å². The summed E-state index contributed by atoms with van der Waals surface area (Å²) in [5.41, 5.74) is 0. The summed E-state index contributed by atoms with van der Waals surface area (Å²) in [5, 5.41) is 9.86. The Morgan fingerprint density at radius 3 is 3.00 bits per heavy atom. The molecule has 3 heterocycles. The first-order chi connectivity index (χ1) is 10.1. The maximum absolute atomic E-state index is 12.3. The second-order valence-electron chi connectivity index (χ2n) is 5.54. The van der Waals surface area contributed by atoms with E-state index in [0.29, 0.717) is 19.0 Å². The highest BCUT2D eigenvalue weighted by molar-refractivity contribution is 5.90. The molecular weight excluding hydrogens is 274 g/mol. The van der Waals surface area contributed by atoms with E-state index >= 15 is 0 Å². The minimum absolute atomic E-state index is 0.00863. The van der Waals surface area contributed by atoms with Crippen LogP contribution < -0.4 is 10.6 Å². The third-order valence-electron chi connectivity index (χ3n) is 3.87. The maximum Gasteiger partial charge on any atom is 0.295 e. The molecule has 2 aliphatic rings. The van der Waals surface area contributed by atoms with Gasteiger partial charge in [-0.1, -0.05) is 5.16 Å². The molecule has 8 heteroatoms. The van der Waals surface area contributed by atoms with E-state index in [2.05, 4.69) is 20.8 Å². The Balaban J connectivity index is 1.62. The molecule has 8 nitrogen and oxygen atoms in total. The molecule has 2 N–H and O–H groups in total. The summed E-state index contributed by atoms with van der Waals surface area (Å²) in [6.45, 7) is 3.49. The highest BCUT2D eigenvalue weighted by Gasteiger charge is 2.31. The molecule has 2 unspecified atom stereocenters. The molecular formula is C13H19N5O3. The lowest BCUT2D eigenvalue weighted by Gasteiger charge is -2.14. The van der Waals surface area contributed by atoms with Gasteiger partial charge in [-0.05, 0) is 25.8 Å². The molecule has 0 aliphatic carbocycles. The largest absolute Gasteiger partial charge is 0.352 e. The predicted molar refractivity (Wildman–Crippen MR) is 72.4 cm³/mol. The first kappa shape index (κ1) is 14.0. The van der Waals surface area contributed by atoms with Crippen LogP contribution in [0.15, 0.2) is 4.52 Å². The van der Waals surface area contributed by atoms with Crippen LogP contribution >= 0.6 is 0 Å². The van der Waals surface area contributed by atoms with Crippen molar-refractivity contribution in [2.45, 2.75) is 38.3 Å². The number of likely N-dealkylation sites (tertiary alicyclic amines) is 1. The molecule has 21 heavy (non-hydrogen) atoms. The molecule has 2 fully saturated rings. The van der Waals surface area contributed by atoms with Gasteiger partial charge >= 0.3 is 0 Å². The van der Waals surface area contributed by atoms with E-state index in [-0.39, 0.29) is 29.7 Å². The van der Waals surface area contributed by atoms with E-state index in [1.807, 2.05) is 0 Å². The smallest absolute Gasteiger partial charge is 0.295 e. The molecule has 0 radical (unpaired) electrons. The molecule has 2 saturated heterocycles. The first-order valence-corrected chi connectivity index (χ1v) is 7.27. The number of carbonyl (C=O) groups is 2. The molecule has 2 atom stereocenters. The standard InChI is InChI=1S/C13H19N5O3/c1-8(19)15-9-4-6-18(7-9)13(20)11-16-12(21-17-11)10-3-2-5-14-10/h9-10,14H,2-7H2,1H3,(H,15,19). The van der Waals surface area contributed by atoms with Crippen LogP contribution in [0.4, 0.5) is 0 Å². The maximum atomic E-state index is 12.3. The van der Waals surface area contributed by atoms with Crippen molar-refractivity contribution in [1.29, 1.82) is 0 Å². The Kier molecular flexibility index (Phi) is 3.87. The van der Waals surface area contributed by atoms with E-state index in [4.69, 9.17) is 4.52 Å². The molecule has 0 spiro atoms. The monoisotopic (exact) mass is 293 g/mol. The third-order valence-corrected chi connectivity index (χ3v) is 3.87. The summed E-state index contributed by atoms with van der Waals surface area (Å²) in [5.74, 6) is 0.259. The highest BCUT2D eigenvalue weighted by atomic mass is 16.5. The second kappa shape index (κ2) is 5.80. The van der Waals surface area contributed by atoms with Gasteiger partial charge in [0.05, 0.1) is 6.04 Å². The fourth-order valence-corrected chi connectivity index (χ4v) is 2.85. The zero-order valence-electron chi connectivity index (χ0n) is 12.0. The quantitative estimate of drug-likeness (QED) is 0.803. The minimum Gasteiger partial charge on any atom is -0.352 e. The predicted octanol–water partition coefficient (Wildman–Crippen LogP) is -0.155. The highest BCUT2D eigenvalue weighted by Crippen LogP contribution is 2.21. The molecule has 0 saturated carbocycles. The summed E-state index contributed by atoms with van der Waals surface area (Å²) >= 11 is 0. The topological polar surface area (TPSA) is 100 Å². The second-order valence-corrected chi connectivity index (χ2v) is 5.54. The van der Waals surface area contributed by atoms with Crippen LogP contribution in [-0.4, -0.2) is 52.5 Å². The van der Waals surface area contributed by atoms with Crippen molar-refractivity contribution < 1.29 is 14.1 Å². The van der Waals surface area contributed by atoms with E-state index < -0.39 is 0 Å². The molecule has 1 aromatic heterocycles. The Bertz CT molecular complexity index is 538. The molecule has 3 rings (SSSR count). The molecule has 1 aromatic rings. The van der Waals surface area contributed by atoms with Gasteiger partial charge in [0, 0.05) is 26.1 Å². The number of hydrogen-bond donors (Lipinski definition) is 2. The average Bonchev–Trinajstić information content (AvgIpc) is 3.18. The summed E-state index contributed by atoms with van der Waals surface area (Å²) in [4.78, 5) is 29.2. The lowest BCUT2D eigenvalue weighted by Crippen LogP contribution is -2.37. The van der Waals surface area contributed by atoms with Crippen molar-refractivity contribution in [3.8, 4) is 0 Å². The van der Waals surface area contributed by atoms with E-state index in [1.54, 1.807) is 4.90 Å². The summed E-state index contributed by atoms with van der Waals surface area (Å²) in [7, 11) is 0. The molecule has 0 bridgehead atoms. The van der Waals surface area contributed by atoms with Crippen molar-refractivity contribution in [3.63, 3.8) is 0 Å². The van der Waals surface area contributed by atoms with Crippen LogP contribution in [0, 0.1) is 0 Å². The normalized spacial score (nSPS) is 25.3. The van der Waals surface area contributed by atoms with Gasteiger partial charge in [-0.2, -0.15) is 4.98 Å². The number of aromatic nitrogens is 2. The van der Waals surface area contributed by atoms with E-state index in [0.717, 1.165) is 25.8 Å². The zero-order chi connectivity index (χ0) is 14.8. The Hall–Kier alpha value is -1.96. The average molecular weight is 293 g/mol. The molecule has 0 aromatic carbocycles. The van der Waals surface area contributed by atoms with Crippen LogP contribution in [0.3, 0.4) is 0 Å². The summed E-state index contributed by atoms with van der Waals surface area (Å²) in [6, 6.07) is 0.0686. The summed E-state index contributed by atoms with van der Waals surface area (Å²) in [6.07, 6.45) is 2.77. The Labute approximate surface area is 122 Å². The van der Waals surface area contributed by atoms with Gasteiger partial charge in [-0.15, -0.1) is 0 Å². The van der Waals surface area contributed by atoms with Gasteiger partial charge < -0.3 is 20.1 Å². The molecule has 2 amide bonds. The van der Waals surface area contributed by atoms with Crippen molar-refractivity contribution >= 4 is 11.8 Å². The van der Waals surface area contributed by atoms with Crippen LogP contribution in [0.5, 0.6) is 0 Å². The SMILES string of the molecule is CC(=O)NC1CCN(C(=O)c2noc(C3CCCN3)n2)C1. The molecule has 114 valence electrons. The van der Waals surface area contributed by atoms with E-state index in [9.17, 15) is 9.59 Å². The van der Waals surface area contributed by atoms with Crippen molar-refractivity contribution in [3.05, 3.63) is 11.7 Å². The lowest BCUT2D eigenvalue weighted by atomic mass is 10.2. The number of amides is 2. The first-order valence-electron chi connectivity index (χ1n) is 7.27. The van der Waals surface area contributed by atoms with Crippen molar-refractivity contribution in [2.24, 2.45) is 0 Å². The van der Waals surface area contributed by atoms with Crippen molar-refractivity contribution in [1.82, 2.24) is 25.7 Å². The zero-order valence-corrected chi connectivity index (χ0v) is 12.0. The third kappa shape index (κ3) is 3.05. The number of carbonyl (C=O) groups excluding carboxylic acids is 2. The fourth-order valence-electron chi connectivity index (χ4n) is 2.85. The number of nitrogens with zero attached hydrogens (tertiary/aromatic N) is 3. The van der Waals surface area contributed by atoms with Crippen LogP contribution in [-0.2, 0) is 4.79 Å². The lowest BCUT2D eigenvalue weighted by molar-refractivity contribution is -0.119. The number of hydrogen-bond acceptors (Lipinski definition) is 6. The van der Waals surface area contributed by atoms with Crippen molar-refractivity contribution in [2.75, 3.05) is 19.6 Å². The minimum atomic E-state index is -0.240. The van der Waals surface area contributed by atoms with Gasteiger partial charge in [0.2, 0.25) is 11.8 Å². The molecule has 2 aliphatic heterocycles. The van der Waals surface area contributed by atoms with Gasteiger partial charge in [0.25, 0.3) is 11.7 Å².